The molecule has 2 bridgehead atoms. The highest BCUT2D eigenvalue weighted by molar-refractivity contribution is 6.00. The van der Waals surface area contributed by atoms with Gasteiger partial charge in [-0.2, -0.15) is 5.10 Å². The Morgan fingerprint density at radius 3 is 2.84 bits per heavy atom. The molecule has 45 heavy (non-hydrogen) atoms. The van der Waals surface area contributed by atoms with Crippen LogP contribution in [0.15, 0.2) is 73.5 Å². The van der Waals surface area contributed by atoms with Gasteiger partial charge < -0.3 is 29.5 Å². The van der Waals surface area contributed by atoms with Crippen LogP contribution in [0.1, 0.15) is 12.5 Å². The zero-order valence-corrected chi connectivity index (χ0v) is 25.7. The molecule has 0 unspecified atom stereocenters. The summed E-state index contributed by atoms with van der Waals surface area (Å²) in [5, 5.41) is 8.43. The Labute approximate surface area is 260 Å². The van der Waals surface area contributed by atoms with E-state index in [1.54, 1.807) is 16.9 Å². The number of benzene rings is 2. The molecule has 2 aliphatic heterocycles. The summed E-state index contributed by atoms with van der Waals surface area (Å²) >= 11 is 0. The van der Waals surface area contributed by atoms with Crippen molar-refractivity contribution in [2.24, 2.45) is 0 Å². The van der Waals surface area contributed by atoms with E-state index in [2.05, 4.69) is 48.2 Å². The fraction of sp³-hybridized carbons (Fsp3) is 0.303. The number of nitrogens with one attached hydrogen (secondary N) is 1. The fourth-order valence-corrected chi connectivity index (χ4v) is 5.74. The van der Waals surface area contributed by atoms with Crippen molar-refractivity contribution in [2.75, 3.05) is 50.6 Å². The van der Waals surface area contributed by atoms with Crippen molar-refractivity contribution in [3.05, 3.63) is 79.0 Å². The molecule has 0 spiro atoms. The van der Waals surface area contributed by atoms with Crippen LogP contribution in [0.2, 0.25) is 0 Å². The van der Waals surface area contributed by atoms with Gasteiger partial charge in [0.25, 0.3) is 0 Å². The lowest BCUT2D eigenvalue weighted by molar-refractivity contribution is -0.129. The molecule has 5 aromatic rings. The third kappa shape index (κ3) is 5.60. The first-order chi connectivity index (χ1) is 21.8. The molecular formula is C33H35N9O3. The quantitative estimate of drug-likeness (QED) is 0.267. The maximum Gasteiger partial charge on any atom is 0.246 e. The molecular weight excluding hydrogens is 570 g/mol. The Kier molecular flexibility index (Phi) is 7.42. The smallest absolute Gasteiger partial charge is 0.246 e. The number of rotatable bonds is 7. The Bertz CT molecular complexity index is 1920. The molecule has 3 aromatic heterocycles. The Morgan fingerprint density at radius 1 is 1.11 bits per heavy atom. The number of amides is 1. The number of aromatic nitrogens is 5. The van der Waals surface area contributed by atoms with Gasteiger partial charge in [0.15, 0.2) is 11.4 Å². The molecule has 0 radical (unpaired) electrons. The molecule has 0 saturated carbocycles. The molecule has 2 atom stereocenters. The predicted octanol–water partition coefficient (Wildman–Crippen LogP) is 4.43. The first kappa shape index (κ1) is 28.5. The van der Waals surface area contributed by atoms with Crippen molar-refractivity contribution in [3.63, 3.8) is 0 Å². The Hall–Kier alpha value is -5.23. The highest BCUT2D eigenvalue weighted by Gasteiger charge is 2.35. The van der Waals surface area contributed by atoms with E-state index in [0.29, 0.717) is 43.5 Å². The lowest BCUT2D eigenvalue weighted by Crippen LogP contribution is -2.56. The third-order valence-corrected chi connectivity index (χ3v) is 8.51. The van der Waals surface area contributed by atoms with E-state index in [1.165, 1.54) is 6.33 Å². The second kappa shape index (κ2) is 11.7. The predicted molar refractivity (Wildman–Crippen MR) is 173 cm³/mol. The molecule has 5 heterocycles. The van der Waals surface area contributed by atoms with Gasteiger partial charge in [-0.1, -0.05) is 6.08 Å². The van der Waals surface area contributed by atoms with Gasteiger partial charge in [0.2, 0.25) is 5.91 Å². The average Bonchev–Trinajstić information content (AvgIpc) is 3.46. The first-order valence-corrected chi connectivity index (χ1v) is 15.0. The normalized spacial score (nSPS) is 17.0. The number of carbonyl (C=O) groups excluding carboxylic acids is 1. The summed E-state index contributed by atoms with van der Waals surface area (Å²) in [6.45, 7) is 6.48. The number of aryl methyl sites for hydroxylation is 1. The summed E-state index contributed by atoms with van der Waals surface area (Å²) in [6.07, 6.45) is 8.52. The molecule has 0 aliphatic carbocycles. The molecule has 2 aliphatic rings. The van der Waals surface area contributed by atoms with Gasteiger partial charge in [-0.05, 0) is 69.9 Å². The van der Waals surface area contributed by atoms with Gasteiger partial charge in [0.05, 0.1) is 22.6 Å². The summed E-state index contributed by atoms with van der Waals surface area (Å²) in [5.74, 6) is 2.80. The van der Waals surface area contributed by atoms with E-state index >= 15 is 0 Å². The van der Waals surface area contributed by atoms with Crippen LogP contribution >= 0.6 is 0 Å². The molecule has 12 heteroatoms. The van der Waals surface area contributed by atoms with Crippen LogP contribution in [0, 0.1) is 6.92 Å². The topological polar surface area (TPSA) is 113 Å². The number of piperazine rings is 1. The molecule has 7 rings (SSSR count). The van der Waals surface area contributed by atoms with Crippen LogP contribution in [0.25, 0.3) is 16.6 Å². The SMILES string of the molecule is Cc1cc(Nc2ncnc3ccc4c(c23)OC[C@H]2CN4CCN2C(=O)/C=C/[C@H](C)N(C)C)ccc1Oc1ccn2ncnc2c1. The molecule has 1 fully saturated rings. The number of anilines is 3. The number of hydrogen-bond acceptors (Lipinski definition) is 10. The largest absolute Gasteiger partial charge is 0.488 e. The number of fused-ring (bicyclic) bond motifs is 7. The van der Waals surface area contributed by atoms with E-state index in [1.807, 2.05) is 74.6 Å². The van der Waals surface area contributed by atoms with E-state index in [-0.39, 0.29) is 18.0 Å². The van der Waals surface area contributed by atoms with Gasteiger partial charge in [0.1, 0.15) is 36.6 Å². The standard InChI is InChI=1S/C33H35N9O3/c1-21-15-23(6-9-28(21)45-25-11-12-42-29(16-25)35-20-37-42)38-33-31-26(34-19-36-33)7-8-27-32(31)44-18-24-17-40(27)13-14-41(24)30(43)10-5-22(2)39(3)4/h5-12,15-16,19-20,22,24H,13-14,17-18H2,1-4H3,(H,34,36,38)/b10-5+/t22-,24+/m0/s1. The van der Waals surface area contributed by atoms with Crippen LogP contribution in [0.3, 0.4) is 0 Å². The number of carbonyl (C=O) groups is 1. The third-order valence-electron chi connectivity index (χ3n) is 8.51. The minimum Gasteiger partial charge on any atom is -0.488 e. The Balaban J connectivity index is 1.13. The number of likely N-dealkylation sites (N-methyl/N-ethyl adjacent to an activating group) is 1. The lowest BCUT2D eigenvalue weighted by Gasteiger charge is -2.39. The van der Waals surface area contributed by atoms with Crippen LogP contribution in [-0.4, -0.2) is 92.7 Å². The second-order valence-electron chi connectivity index (χ2n) is 11.7. The first-order valence-electron chi connectivity index (χ1n) is 15.0. The molecule has 230 valence electrons. The molecule has 1 amide bonds. The summed E-state index contributed by atoms with van der Waals surface area (Å²) in [5.41, 5.74) is 4.28. The number of nitrogens with zero attached hydrogens (tertiary/aromatic N) is 8. The summed E-state index contributed by atoms with van der Waals surface area (Å²) in [6, 6.07) is 13.8. The van der Waals surface area contributed by atoms with Gasteiger partial charge in [-0.25, -0.2) is 19.5 Å². The van der Waals surface area contributed by atoms with Crippen LogP contribution in [-0.2, 0) is 4.79 Å². The van der Waals surface area contributed by atoms with Gasteiger partial charge >= 0.3 is 0 Å². The van der Waals surface area contributed by atoms with Crippen LogP contribution in [0.4, 0.5) is 17.2 Å². The average molecular weight is 606 g/mol. The zero-order chi connectivity index (χ0) is 31.1. The van der Waals surface area contributed by atoms with E-state index < -0.39 is 0 Å². The zero-order valence-electron chi connectivity index (χ0n) is 25.7. The van der Waals surface area contributed by atoms with Crippen molar-refractivity contribution < 1.29 is 14.3 Å². The summed E-state index contributed by atoms with van der Waals surface area (Å²) < 4.78 is 14.4. The van der Waals surface area contributed by atoms with E-state index in [4.69, 9.17) is 9.47 Å². The number of pyridine rings is 1. The van der Waals surface area contributed by atoms with E-state index in [9.17, 15) is 4.79 Å². The van der Waals surface area contributed by atoms with E-state index in [0.717, 1.165) is 39.3 Å². The van der Waals surface area contributed by atoms with Crippen LogP contribution in [0.5, 0.6) is 17.2 Å². The van der Waals surface area contributed by atoms with Gasteiger partial charge in [0, 0.05) is 49.7 Å². The minimum absolute atomic E-state index is 0.0142. The maximum atomic E-state index is 13.2. The second-order valence-corrected chi connectivity index (χ2v) is 11.7. The van der Waals surface area contributed by atoms with Crippen molar-refractivity contribution in [1.29, 1.82) is 0 Å². The molecule has 1 N–H and O–H groups in total. The monoisotopic (exact) mass is 605 g/mol. The summed E-state index contributed by atoms with van der Waals surface area (Å²) in [4.78, 5) is 32.9. The highest BCUT2D eigenvalue weighted by atomic mass is 16.5. The highest BCUT2D eigenvalue weighted by Crippen LogP contribution is 2.42. The molecule has 2 aromatic carbocycles. The lowest BCUT2D eigenvalue weighted by atomic mass is 10.1. The number of ether oxygens (including phenoxy) is 2. The fourth-order valence-electron chi connectivity index (χ4n) is 5.74. The maximum absolute atomic E-state index is 13.2. The van der Waals surface area contributed by atoms with Crippen molar-refractivity contribution >= 4 is 39.6 Å². The van der Waals surface area contributed by atoms with Crippen molar-refractivity contribution in [3.8, 4) is 17.2 Å². The molecule has 12 nitrogen and oxygen atoms in total. The minimum atomic E-state index is -0.0743. The molecule has 1 saturated heterocycles. The number of hydrogen-bond donors (Lipinski definition) is 1. The summed E-state index contributed by atoms with van der Waals surface area (Å²) in [7, 11) is 4.00. The Morgan fingerprint density at radius 2 is 2.00 bits per heavy atom. The van der Waals surface area contributed by atoms with Gasteiger partial charge in [-0.15, -0.1) is 0 Å². The van der Waals surface area contributed by atoms with Crippen molar-refractivity contribution in [2.45, 2.75) is 25.9 Å². The van der Waals surface area contributed by atoms with Gasteiger partial charge in [-0.3, -0.25) is 4.79 Å². The van der Waals surface area contributed by atoms with Crippen LogP contribution < -0.4 is 19.7 Å². The van der Waals surface area contributed by atoms with Crippen molar-refractivity contribution in [1.82, 2.24) is 34.4 Å².